The second-order valence-electron chi connectivity index (χ2n) is 5.59. The lowest BCUT2D eigenvalue weighted by atomic mass is 10.2. The molecule has 1 aliphatic rings. The minimum atomic E-state index is -0.612. The van der Waals surface area contributed by atoms with E-state index in [2.05, 4.69) is 10.3 Å². The van der Waals surface area contributed by atoms with E-state index in [0.29, 0.717) is 24.6 Å². The van der Waals surface area contributed by atoms with Gasteiger partial charge >= 0.3 is 6.09 Å². The summed E-state index contributed by atoms with van der Waals surface area (Å²) in [5.41, 5.74) is 0.0666. The van der Waals surface area contributed by atoms with Gasteiger partial charge < -0.3 is 19.7 Å². The highest BCUT2D eigenvalue weighted by Crippen LogP contribution is 2.29. The molecule has 0 aliphatic carbocycles. The smallest absolute Gasteiger partial charge is 0.408 e. The predicted octanol–water partition coefficient (Wildman–Crippen LogP) is 1.33. The number of hydrogen-bond donors (Lipinski definition) is 1. The number of alkyl carbamates (subject to hydrolysis) is 1. The number of pyridine rings is 1. The lowest BCUT2D eigenvalue weighted by Crippen LogP contribution is -2.45. The van der Waals surface area contributed by atoms with Gasteiger partial charge in [-0.3, -0.25) is 9.78 Å². The third-order valence-electron chi connectivity index (χ3n) is 2.71. The van der Waals surface area contributed by atoms with E-state index in [-0.39, 0.29) is 12.5 Å². The lowest BCUT2D eigenvalue weighted by Gasteiger charge is -2.29. The molecule has 0 bridgehead atoms. The van der Waals surface area contributed by atoms with Crippen LogP contribution in [0.5, 0.6) is 5.75 Å². The zero-order valence-electron chi connectivity index (χ0n) is 12.4. The van der Waals surface area contributed by atoms with Gasteiger partial charge in [-0.15, -0.1) is 0 Å². The molecular formula is C14H19N3O4. The standard InChI is InChI=1S/C14H19N3O4/c1-14(2,3)21-13(19)16-9-12(18)17-6-7-20-11-8-15-5-4-10(11)17/h4-5,8H,6-7,9H2,1-3H3,(H,16,19). The average Bonchev–Trinajstić information content (AvgIpc) is 2.42. The van der Waals surface area contributed by atoms with Gasteiger partial charge in [0.1, 0.15) is 18.8 Å². The van der Waals surface area contributed by atoms with Crippen LogP contribution in [0.15, 0.2) is 18.5 Å². The van der Waals surface area contributed by atoms with Gasteiger partial charge in [0.2, 0.25) is 5.91 Å². The zero-order chi connectivity index (χ0) is 15.5. The highest BCUT2D eigenvalue weighted by Gasteiger charge is 2.24. The number of nitrogens with one attached hydrogen (secondary N) is 1. The van der Waals surface area contributed by atoms with E-state index in [1.54, 1.807) is 44.1 Å². The maximum atomic E-state index is 12.2. The first-order chi connectivity index (χ1) is 9.87. The summed E-state index contributed by atoms with van der Waals surface area (Å²) >= 11 is 0. The minimum absolute atomic E-state index is 0.128. The monoisotopic (exact) mass is 293 g/mol. The summed E-state index contributed by atoms with van der Waals surface area (Å²) in [5, 5.41) is 2.46. The maximum Gasteiger partial charge on any atom is 0.408 e. The Labute approximate surface area is 123 Å². The molecule has 0 saturated heterocycles. The fraction of sp³-hybridized carbons (Fsp3) is 0.500. The molecule has 1 aromatic heterocycles. The van der Waals surface area contributed by atoms with Crippen LogP contribution >= 0.6 is 0 Å². The normalized spacial score (nSPS) is 14.0. The number of hydrogen-bond acceptors (Lipinski definition) is 5. The molecule has 0 fully saturated rings. The van der Waals surface area contributed by atoms with Crippen LogP contribution in [-0.2, 0) is 9.53 Å². The molecule has 1 N–H and O–H groups in total. The summed E-state index contributed by atoms with van der Waals surface area (Å²) in [6.07, 6.45) is 2.55. The third kappa shape index (κ3) is 4.08. The van der Waals surface area contributed by atoms with E-state index < -0.39 is 11.7 Å². The molecule has 1 aliphatic heterocycles. The third-order valence-corrected chi connectivity index (χ3v) is 2.71. The summed E-state index contributed by atoms with van der Waals surface area (Å²) in [6, 6.07) is 1.71. The van der Waals surface area contributed by atoms with Crippen LogP contribution in [0.1, 0.15) is 20.8 Å². The quantitative estimate of drug-likeness (QED) is 0.889. The lowest BCUT2D eigenvalue weighted by molar-refractivity contribution is -0.118. The first-order valence-corrected chi connectivity index (χ1v) is 6.71. The minimum Gasteiger partial charge on any atom is -0.488 e. The average molecular weight is 293 g/mol. The Kier molecular flexibility index (Phi) is 4.30. The van der Waals surface area contributed by atoms with Crippen molar-refractivity contribution in [3.8, 4) is 5.75 Å². The molecule has 7 nitrogen and oxygen atoms in total. The Morgan fingerprint density at radius 1 is 1.48 bits per heavy atom. The molecule has 114 valence electrons. The van der Waals surface area contributed by atoms with Crippen molar-refractivity contribution in [2.75, 3.05) is 24.6 Å². The zero-order valence-corrected chi connectivity index (χ0v) is 12.4. The van der Waals surface area contributed by atoms with Crippen LogP contribution in [0.25, 0.3) is 0 Å². The Bertz CT molecular complexity index is 539. The Morgan fingerprint density at radius 2 is 2.24 bits per heavy atom. The number of ether oxygens (including phenoxy) is 2. The number of carbonyl (C=O) groups is 2. The van der Waals surface area contributed by atoms with Crippen LogP contribution in [0.4, 0.5) is 10.5 Å². The van der Waals surface area contributed by atoms with E-state index in [0.717, 1.165) is 0 Å². The molecule has 21 heavy (non-hydrogen) atoms. The van der Waals surface area contributed by atoms with Crippen molar-refractivity contribution < 1.29 is 19.1 Å². The molecule has 0 radical (unpaired) electrons. The second kappa shape index (κ2) is 5.99. The van der Waals surface area contributed by atoms with Crippen molar-refractivity contribution in [1.29, 1.82) is 0 Å². The van der Waals surface area contributed by atoms with Crippen molar-refractivity contribution in [3.63, 3.8) is 0 Å². The topological polar surface area (TPSA) is 80.8 Å². The number of rotatable bonds is 2. The van der Waals surface area contributed by atoms with Gasteiger partial charge in [0.15, 0.2) is 5.75 Å². The van der Waals surface area contributed by atoms with E-state index in [1.807, 2.05) is 0 Å². The second-order valence-corrected chi connectivity index (χ2v) is 5.59. The summed E-state index contributed by atoms with van der Waals surface area (Å²) in [5.74, 6) is 0.339. The molecule has 1 aromatic rings. The summed E-state index contributed by atoms with van der Waals surface area (Å²) in [4.78, 5) is 29.3. The first kappa shape index (κ1) is 15.1. The number of carbonyl (C=O) groups excluding carboxylic acids is 2. The van der Waals surface area contributed by atoms with Crippen molar-refractivity contribution in [2.45, 2.75) is 26.4 Å². The fourth-order valence-electron chi connectivity index (χ4n) is 1.89. The number of nitrogens with zero attached hydrogens (tertiary/aromatic N) is 2. The van der Waals surface area contributed by atoms with Crippen LogP contribution < -0.4 is 15.0 Å². The van der Waals surface area contributed by atoms with E-state index in [1.165, 1.54) is 0 Å². The van der Waals surface area contributed by atoms with Gasteiger partial charge in [-0.05, 0) is 26.8 Å². The maximum absolute atomic E-state index is 12.2. The fourth-order valence-corrected chi connectivity index (χ4v) is 1.89. The predicted molar refractivity (Wildman–Crippen MR) is 76.3 cm³/mol. The molecule has 0 atom stereocenters. The number of anilines is 1. The summed E-state index contributed by atoms with van der Waals surface area (Å²) < 4.78 is 10.5. The molecule has 0 aromatic carbocycles. The van der Waals surface area contributed by atoms with Crippen LogP contribution in [0, 0.1) is 0 Å². The van der Waals surface area contributed by atoms with Crippen molar-refractivity contribution in [3.05, 3.63) is 18.5 Å². The van der Waals surface area contributed by atoms with Gasteiger partial charge in [-0.1, -0.05) is 0 Å². The van der Waals surface area contributed by atoms with E-state index >= 15 is 0 Å². The number of fused-ring (bicyclic) bond motifs is 1. The molecule has 2 rings (SSSR count). The Balaban J connectivity index is 1.95. The summed E-state index contributed by atoms with van der Waals surface area (Å²) in [6.45, 7) is 6.00. The van der Waals surface area contributed by atoms with Crippen LogP contribution in [0.2, 0.25) is 0 Å². The molecule has 0 spiro atoms. The summed E-state index contributed by atoms with van der Waals surface area (Å²) in [7, 11) is 0. The molecule has 0 saturated carbocycles. The van der Waals surface area contributed by atoms with Gasteiger partial charge in [0, 0.05) is 6.20 Å². The number of aromatic nitrogens is 1. The van der Waals surface area contributed by atoms with Crippen LogP contribution in [-0.4, -0.2) is 42.3 Å². The van der Waals surface area contributed by atoms with Gasteiger partial charge in [-0.2, -0.15) is 0 Å². The molecule has 2 heterocycles. The van der Waals surface area contributed by atoms with Gasteiger partial charge in [0.25, 0.3) is 0 Å². The highest BCUT2D eigenvalue weighted by atomic mass is 16.6. The highest BCUT2D eigenvalue weighted by molar-refractivity contribution is 5.97. The Hall–Kier alpha value is -2.31. The molecule has 2 amide bonds. The van der Waals surface area contributed by atoms with Crippen molar-refractivity contribution in [1.82, 2.24) is 10.3 Å². The molecule has 0 unspecified atom stereocenters. The van der Waals surface area contributed by atoms with Crippen molar-refractivity contribution >= 4 is 17.7 Å². The molecule has 7 heteroatoms. The van der Waals surface area contributed by atoms with Crippen molar-refractivity contribution in [2.24, 2.45) is 0 Å². The van der Waals surface area contributed by atoms with E-state index in [4.69, 9.17) is 9.47 Å². The number of amides is 2. The molecular weight excluding hydrogens is 274 g/mol. The Morgan fingerprint density at radius 3 is 2.95 bits per heavy atom. The largest absolute Gasteiger partial charge is 0.488 e. The first-order valence-electron chi connectivity index (χ1n) is 6.71. The van der Waals surface area contributed by atoms with Gasteiger partial charge in [-0.25, -0.2) is 4.79 Å². The van der Waals surface area contributed by atoms with Gasteiger partial charge in [0.05, 0.1) is 18.4 Å². The van der Waals surface area contributed by atoms with E-state index in [9.17, 15) is 9.59 Å². The van der Waals surface area contributed by atoms with Crippen LogP contribution in [0.3, 0.4) is 0 Å². The SMILES string of the molecule is CC(C)(C)OC(=O)NCC(=O)N1CCOc2cnccc21.